The van der Waals surface area contributed by atoms with Crippen molar-refractivity contribution in [2.45, 2.75) is 32.9 Å². The van der Waals surface area contributed by atoms with E-state index in [0.29, 0.717) is 6.54 Å². The van der Waals surface area contributed by atoms with Gasteiger partial charge in [0, 0.05) is 12.2 Å². The summed E-state index contributed by atoms with van der Waals surface area (Å²) in [4.78, 5) is 25.1. The fourth-order valence-electron chi connectivity index (χ4n) is 2.99. The molecule has 8 heteroatoms. The third-order valence-corrected chi connectivity index (χ3v) is 3.75. The second-order valence-electron chi connectivity index (χ2n) is 5.96. The van der Waals surface area contributed by atoms with Gasteiger partial charge in [0.05, 0.1) is 6.54 Å². The molecule has 1 aliphatic heterocycles. The lowest BCUT2D eigenvalue weighted by atomic mass is 9.96. The van der Waals surface area contributed by atoms with E-state index < -0.39 is 24.7 Å². The van der Waals surface area contributed by atoms with E-state index in [1.807, 2.05) is 30.1 Å². The minimum Gasteiger partial charge on any atom is -0.362 e. The predicted molar refractivity (Wildman–Crippen MR) is 84.0 cm³/mol. The summed E-state index contributed by atoms with van der Waals surface area (Å²) in [7, 11) is 0. The summed E-state index contributed by atoms with van der Waals surface area (Å²) in [6.45, 7) is 3.07. The average Bonchev–Trinajstić information content (AvgIpc) is 2.43. The predicted octanol–water partition coefficient (Wildman–Crippen LogP) is 2.44. The second kappa shape index (κ2) is 7.11. The Morgan fingerprint density at radius 1 is 1.25 bits per heavy atom. The van der Waals surface area contributed by atoms with E-state index in [2.05, 4.69) is 6.07 Å². The lowest BCUT2D eigenvalue weighted by Crippen LogP contribution is -2.47. The van der Waals surface area contributed by atoms with Gasteiger partial charge in [-0.05, 0) is 37.8 Å². The zero-order valence-corrected chi connectivity index (χ0v) is 13.6. The number of carbonyl (C=O) groups excluding carboxylic acids is 2. The molecule has 5 nitrogen and oxygen atoms in total. The van der Waals surface area contributed by atoms with Gasteiger partial charge in [0.25, 0.3) is 0 Å². The molecule has 0 radical (unpaired) electrons. The first-order valence-electron chi connectivity index (χ1n) is 7.65. The number of hydrogen-bond donors (Lipinski definition) is 2. The van der Waals surface area contributed by atoms with Crippen molar-refractivity contribution in [3.8, 4) is 0 Å². The van der Waals surface area contributed by atoms with E-state index >= 15 is 0 Å². The number of halogens is 3. The van der Waals surface area contributed by atoms with Crippen LogP contribution in [0.2, 0.25) is 0 Å². The Bertz CT molecular complexity index is 644. The van der Waals surface area contributed by atoms with Crippen LogP contribution in [-0.4, -0.2) is 37.7 Å². The number of imide groups is 1. The Morgan fingerprint density at radius 3 is 2.62 bits per heavy atom. The van der Waals surface area contributed by atoms with Gasteiger partial charge < -0.3 is 10.2 Å². The molecule has 0 saturated heterocycles. The maximum absolute atomic E-state index is 12.0. The molecule has 1 aromatic rings. The quantitative estimate of drug-likeness (QED) is 0.886. The summed E-state index contributed by atoms with van der Waals surface area (Å²) < 4.78 is 36.1. The molecule has 0 fully saturated rings. The number of nitrogens with zero attached hydrogens (tertiary/aromatic N) is 1. The van der Waals surface area contributed by atoms with E-state index in [1.165, 1.54) is 0 Å². The lowest BCUT2D eigenvalue weighted by Gasteiger charge is -2.32. The first kappa shape index (κ1) is 18.1. The fraction of sp³-hybridized carbons (Fsp3) is 0.500. The zero-order valence-electron chi connectivity index (χ0n) is 13.6. The monoisotopic (exact) mass is 343 g/mol. The van der Waals surface area contributed by atoms with Crippen molar-refractivity contribution in [3.63, 3.8) is 0 Å². The molecular weight excluding hydrogens is 323 g/mol. The Balaban J connectivity index is 1.98. The third kappa shape index (κ3) is 4.87. The Kier molecular flexibility index (Phi) is 5.36. The Hall–Kier alpha value is -2.25. The van der Waals surface area contributed by atoms with Crippen LogP contribution in [0.25, 0.3) is 0 Å². The van der Waals surface area contributed by atoms with Gasteiger partial charge in [-0.25, -0.2) is 4.79 Å². The molecule has 0 aromatic heterocycles. The largest absolute Gasteiger partial charge is 0.405 e. The number of aryl methyl sites for hydroxylation is 3. The topological polar surface area (TPSA) is 61.4 Å². The zero-order chi connectivity index (χ0) is 17.9. The molecule has 0 spiro atoms. The standard InChI is InChI=1S/C16H20F3N3O2/c1-10-6-11(2)14-12(7-10)4-3-5-22(14)8-13(23)21-15(24)20-9-16(17,18)19/h6-7H,3-5,8-9H2,1-2H3,(H2,20,21,23,24). The SMILES string of the molecule is Cc1cc(C)c2c(c1)CCCN2CC(=O)NC(=O)NCC(F)(F)F. The highest BCUT2D eigenvalue weighted by atomic mass is 19.4. The van der Waals surface area contributed by atoms with Crippen molar-refractivity contribution < 1.29 is 22.8 Å². The minimum atomic E-state index is -4.51. The van der Waals surface area contributed by atoms with Crippen molar-refractivity contribution in [2.24, 2.45) is 0 Å². The van der Waals surface area contributed by atoms with Crippen molar-refractivity contribution in [1.29, 1.82) is 0 Å². The van der Waals surface area contributed by atoms with Crippen LogP contribution in [-0.2, 0) is 11.2 Å². The minimum absolute atomic E-state index is 0.0731. The van der Waals surface area contributed by atoms with Crippen molar-refractivity contribution in [1.82, 2.24) is 10.6 Å². The van der Waals surface area contributed by atoms with Gasteiger partial charge in [-0.15, -0.1) is 0 Å². The summed E-state index contributed by atoms with van der Waals surface area (Å²) >= 11 is 0. The van der Waals surface area contributed by atoms with Gasteiger partial charge in [-0.2, -0.15) is 13.2 Å². The lowest BCUT2D eigenvalue weighted by molar-refractivity contribution is -0.124. The van der Waals surface area contributed by atoms with Crippen molar-refractivity contribution in [3.05, 3.63) is 28.8 Å². The van der Waals surface area contributed by atoms with Crippen LogP contribution >= 0.6 is 0 Å². The van der Waals surface area contributed by atoms with Crippen LogP contribution in [0.15, 0.2) is 12.1 Å². The van der Waals surface area contributed by atoms with E-state index in [9.17, 15) is 22.8 Å². The number of urea groups is 1. The van der Waals surface area contributed by atoms with E-state index in [4.69, 9.17) is 0 Å². The van der Waals surface area contributed by atoms with Crippen LogP contribution in [0.4, 0.5) is 23.7 Å². The number of benzene rings is 1. The molecule has 2 N–H and O–H groups in total. The van der Waals surface area contributed by atoms with Crippen LogP contribution in [0.3, 0.4) is 0 Å². The molecular formula is C16H20F3N3O2. The van der Waals surface area contributed by atoms with Gasteiger partial charge in [0.2, 0.25) is 5.91 Å². The van der Waals surface area contributed by atoms with Gasteiger partial charge in [-0.3, -0.25) is 10.1 Å². The van der Waals surface area contributed by atoms with E-state index in [0.717, 1.165) is 35.2 Å². The van der Waals surface area contributed by atoms with Gasteiger partial charge in [0.15, 0.2) is 0 Å². The average molecular weight is 343 g/mol. The number of amides is 3. The Morgan fingerprint density at radius 2 is 1.96 bits per heavy atom. The molecule has 3 amide bonds. The fourth-order valence-corrected chi connectivity index (χ4v) is 2.99. The summed E-state index contributed by atoms with van der Waals surface area (Å²) in [6, 6.07) is 2.95. The first-order valence-corrected chi connectivity index (χ1v) is 7.65. The molecule has 0 atom stereocenters. The molecule has 1 heterocycles. The summed E-state index contributed by atoms with van der Waals surface area (Å²) in [6.07, 6.45) is -2.72. The van der Waals surface area contributed by atoms with Crippen LogP contribution in [0.1, 0.15) is 23.1 Å². The smallest absolute Gasteiger partial charge is 0.362 e. The van der Waals surface area contributed by atoms with Gasteiger partial charge in [0.1, 0.15) is 6.54 Å². The molecule has 1 aliphatic rings. The van der Waals surface area contributed by atoms with Crippen LogP contribution in [0.5, 0.6) is 0 Å². The number of alkyl halides is 3. The Labute approximate surface area is 138 Å². The van der Waals surface area contributed by atoms with Gasteiger partial charge >= 0.3 is 12.2 Å². The third-order valence-electron chi connectivity index (χ3n) is 3.75. The molecule has 1 aromatic carbocycles. The van der Waals surface area contributed by atoms with Crippen molar-refractivity contribution in [2.75, 3.05) is 24.5 Å². The molecule has 132 valence electrons. The highest BCUT2D eigenvalue weighted by Gasteiger charge is 2.28. The number of hydrogen-bond acceptors (Lipinski definition) is 3. The molecule has 0 unspecified atom stereocenters. The first-order chi connectivity index (χ1) is 11.2. The van der Waals surface area contributed by atoms with Crippen LogP contribution < -0.4 is 15.5 Å². The van der Waals surface area contributed by atoms with Gasteiger partial charge in [-0.1, -0.05) is 17.7 Å². The number of fused-ring (bicyclic) bond motifs is 1. The number of carbonyl (C=O) groups is 2. The summed E-state index contributed by atoms with van der Waals surface area (Å²) in [5.74, 6) is -0.637. The molecule has 2 rings (SSSR count). The second-order valence-corrected chi connectivity index (χ2v) is 5.96. The normalized spacial score (nSPS) is 14.1. The number of nitrogens with one attached hydrogen (secondary N) is 2. The maximum atomic E-state index is 12.0. The summed E-state index contributed by atoms with van der Waals surface area (Å²) in [5.41, 5.74) is 4.30. The van der Waals surface area contributed by atoms with Crippen molar-refractivity contribution >= 4 is 17.6 Å². The highest BCUT2D eigenvalue weighted by molar-refractivity contribution is 5.96. The molecule has 0 saturated carbocycles. The molecule has 24 heavy (non-hydrogen) atoms. The highest BCUT2D eigenvalue weighted by Crippen LogP contribution is 2.31. The van der Waals surface area contributed by atoms with E-state index in [-0.39, 0.29) is 6.54 Å². The number of anilines is 1. The maximum Gasteiger partial charge on any atom is 0.405 e. The summed E-state index contributed by atoms with van der Waals surface area (Å²) in [5, 5.41) is 3.55. The van der Waals surface area contributed by atoms with Crippen LogP contribution in [0, 0.1) is 13.8 Å². The molecule has 0 bridgehead atoms. The molecule has 0 aliphatic carbocycles. The van der Waals surface area contributed by atoms with E-state index in [1.54, 1.807) is 5.32 Å². The number of rotatable bonds is 3.